The van der Waals surface area contributed by atoms with Crippen LogP contribution in [-0.2, 0) is 6.54 Å². The zero-order valence-electron chi connectivity index (χ0n) is 13.4. The highest BCUT2D eigenvalue weighted by molar-refractivity contribution is 5.94. The normalized spacial score (nSPS) is 23.0. The summed E-state index contributed by atoms with van der Waals surface area (Å²) >= 11 is 0. The molecular weight excluding hydrogens is 264 g/mol. The maximum Gasteiger partial charge on any atom is 0.254 e. The number of carbonyl (C=O) groups is 1. The van der Waals surface area contributed by atoms with Crippen LogP contribution < -0.4 is 11.1 Å². The van der Waals surface area contributed by atoms with E-state index in [4.69, 9.17) is 10.2 Å². The van der Waals surface area contributed by atoms with E-state index in [1.54, 1.807) is 6.07 Å². The summed E-state index contributed by atoms with van der Waals surface area (Å²) in [7, 11) is 0. The van der Waals surface area contributed by atoms with E-state index in [1.807, 2.05) is 0 Å². The fourth-order valence-corrected chi connectivity index (χ4v) is 3.18. The summed E-state index contributed by atoms with van der Waals surface area (Å²) in [5.74, 6) is 1.37. The minimum atomic E-state index is -0.0448. The predicted molar refractivity (Wildman–Crippen MR) is 83.9 cm³/mol. The van der Waals surface area contributed by atoms with E-state index in [9.17, 15) is 4.79 Å². The second-order valence-electron chi connectivity index (χ2n) is 6.87. The number of carbonyl (C=O) groups excluding carboxylic acids is 1. The van der Waals surface area contributed by atoms with E-state index in [1.165, 1.54) is 25.5 Å². The lowest BCUT2D eigenvalue weighted by atomic mass is 9.69. The van der Waals surface area contributed by atoms with E-state index >= 15 is 0 Å². The number of hydrogen-bond acceptors (Lipinski definition) is 3. The smallest absolute Gasteiger partial charge is 0.254 e. The third-order valence-electron chi connectivity index (χ3n) is 5.20. The first kappa shape index (κ1) is 16.1. The van der Waals surface area contributed by atoms with Crippen molar-refractivity contribution in [1.29, 1.82) is 0 Å². The van der Waals surface area contributed by atoms with Gasteiger partial charge in [-0.3, -0.25) is 4.79 Å². The van der Waals surface area contributed by atoms with Crippen molar-refractivity contribution in [2.45, 2.75) is 65.5 Å². The van der Waals surface area contributed by atoms with E-state index < -0.39 is 0 Å². The van der Waals surface area contributed by atoms with Gasteiger partial charge in [0.05, 0.1) is 12.1 Å². The molecule has 21 heavy (non-hydrogen) atoms. The van der Waals surface area contributed by atoms with Gasteiger partial charge in [0.1, 0.15) is 12.0 Å². The number of furan rings is 1. The third-order valence-corrected chi connectivity index (χ3v) is 5.20. The Morgan fingerprint density at radius 3 is 2.57 bits per heavy atom. The molecule has 1 aliphatic rings. The average molecular weight is 292 g/mol. The Bertz CT molecular complexity index is 471. The van der Waals surface area contributed by atoms with Crippen LogP contribution in [0.25, 0.3) is 0 Å². The fraction of sp³-hybridized carbons (Fsp3) is 0.706. The number of hydrogen-bond donors (Lipinski definition) is 2. The van der Waals surface area contributed by atoms with E-state index in [0.717, 1.165) is 18.8 Å². The van der Waals surface area contributed by atoms with Gasteiger partial charge in [-0.1, -0.05) is 27.2 Å². The topological polar surface area (TPSA) is 68.3 Å². The molecular formula is C17H28N2O2. The first-order chi connectivity index (χ1) is 9.96. The number of rotatable bonds is 5. The number of amides is 1. The zero-order chi connectivity index (χ0) is 15.5. The van der Waals surface area contributed by atoms with Crippen LogP contribution in [0.5, 0.6) is 0 Å². The van der Waals surface area contributed by atoms with Crippen molar-refractivity contribution in [1.82, 2.24) is 5.32 Å². The van der Waals surface area contributed by atoms with Crippen molar-refractivity contribution < 1.29 is 9.21 Å². The van der Waals surface area contributed by atoms with Gasteiger partial charge in [-0.25, -0.2) is 0 Å². The van der Waals surface area contributed by atoms with Gasteiger partial charge in [0.25, 0.3) is 5.91 Å². The maximum absolute atomic E-state index is 12.2. The van der Waals surface area contributed by atoms with Crippen LogP contribution in [0, 0.1) is 11.3 Å². The molecule has 118 valence electrons. The van der Waals surface area contributed by atoms with Crippen molar-refractivity contribution in [3.63, 3.8) is 0 Å². The largest absolute Gasteiger partial charge is 0.467 e. The van der Waals surface area contributed by atoms with E-state index in [-0.39, 0.29) is 11.9 Å². The first-order valence-electron chi connectivity index (χ1n) is 8.04. The Hall–Kier alpha value is -1.29. The molecule has 0 atom stereocenters. The highest BCUT2D eigenvalue weighted by Crippen LogP contribution is 2.40. The van der Waals surface area contributed by atoms with Gasteiger partial charge in [-0.15, -0.1) is 0 Å². The monoisotopic (exact) mass is 292 g/mol. The minimum absolute atomic E-state index is 0.0448. The predicted octanol–water partition coefficient (Wildman–Crippen LogP) is 3.46. The molecule has 1 aromatic heterocycles. The summed E-state index contributed by atoms with van der Waals surface area (Å²) in [6, 6.07) is 2.01. The van der Waals surface area contributed by atoms with Crippen LogP contribution in [0.4, 0.5) is 0 Å². The van der Waals surface area contributed by atoms with Crippen LogP contribution >= 0.6 is 0 Å². The van der Waals surface area contributed by atoms with Crippen molar-refractivity contribution in [3.8, 4) is 0 Å². The summed E-state index contributed by atoms with van der Waals surface area (Å²) in [5.41, 5.74) is 6.48. The standard InChI is InChI=1S/C17H28N2O2/c1-4-17(2,3)13-5-7-14(8-6-13)19-16(20)12-9-15(10-18)21-11-12/h9,11,13-14H,4-8,10,18H2,1-3H3,(H,19,20). The van der Waals surface area contributed by atoms with Crippen LogP contribution in [0.3, 0.4) is 0 Å². The molecule has 4 heteroatoms. The number of nitrogens with one attached hydrogen (secondary N) is 1. The molecule has 1 heterocycles. The maximum atomic E-state index is 12.2. The quantitative estimate of drug-likeness (QED) is 0.873. The third kappa shape index (κ3) is 3.88. The van der Waals surface area contributed by atoms with Crippen molar-refractivity contribution in [2.75, 3.05) is 0 Å². The summed E-state index contributed by atoms with van der Waals surface area (Å²) in [6.45, 7) is 7.30. The Labute approximate surface area is 127 Å². The molecule has 1 saturated carbocycles. The van der Waals surface area contributed by atoms with Crippen molar-refractivity contribution >= 4 is 5.91 Å². The van der Waals surface area contributed by atoms with Gasteiger partial charge in [0.15, 0.2) is 0 Å². The average Bonchev–Trinajstić information content (AvgIpc) is 2.97. The molecule has 1 aliphatic carbocycles. The summed E-state index contributed by atoms with van der Waals surface area (Å²) in [4.78, 5) is 12.2. The molecule has 1 fully saturated rings. The molecule has 0 saturated heterocycles. The summed E-state index contributed by atoms with van der Waals surface area (Å²) in [5, 5.41) is 3.12. The highest BCUT2D eigenvalue weighted by atomic mass is 16.3. The molecule has 1 aromatic rings. The van der Waals surface area contributed by atoms with E-state index in [2.05, 4.69) is 26.1 Å². The molecule has 0 bridgehead atoms. The second-order valence-corrected chi connectivity index (χ2v) is 6.87. The van der Waals surface area contributed by atoms with Gasteiger partial charge in [0, 0.05) is 6.04 Å². The Morgan fingerprint density at radius 1 is 1.38 bits per heavy atom. The molecule has 3 N–H and O–H groups in total. The summed E-state index contributed by atoms with van der Waals surface area (Å²) < 4.78 is 5.21. The second kappa shape index (κ2) is 6.65. The summed E-state index contributed by atoms with van der Waals surface area (Å²) in [6.07, 6.45) is 7.24. The van der Waals surface area contributed by atoms with Crippen LogP contribution in [0.2, 0.25) is 0 Å². The Kier molecular flexibility index (Phi) is 5.09. The molecule has 0 unspecified atom stereocenters. The molecule has 0 radical (unpaired) electrons. The molecule has 0 spiro atoms. The highest BCUT2D eigenvalue weighted by Gasteiger charge is 2.32. The first-order valence-corrected chi connectivity index (χ1v) is 8.04. The molecule has 2 rings (SSSR count). The lowest BCUT2D eigenvalue weighted by molar-refractivity contribution is 0.0892. The van der Waals surface area contributed by atoms with Gasteiger partial charge in [0.2, 0.25) is 0 Å². The number of nitrogens with two attached hydrogens (primary N) is 1. The minimum Gasteiger partial charge on any atom is -0.467 e. The molecule has 1 amide bonds. The lowest BCUT2D eigenvalue weighted by Crippen LogP contribution is -2.39. The molecule has 0 aromatic carbocycles. The van der Waals surface area contributed by atoms with Gasteiger partial charge < -0.3 is 15.5 Å². The van der Waals surface area contributed by atoms with E-state index in [0.29, 0.717) is 23.3 Å². The molecule has 4 nitrogen and oxygen atoms in total. The van der Waals surface area contributed by atoms with Crippen LogP contribution in [0.1, 0.15) is 69.0 Å². The Morgan fingerprint density at radius 2 is 2.05 bits per heavy atom. The molecule has 0 aliphatic heterocycles. The van der Waals surface area contributed by atoms with Crippen molar-refractivity contribution in [2.24, 2.45) is 17.1 Å². The van der Waals surface area contributed by atoms with Crippen LogP contribution in [0.15, 0.2) is 16.7 Å². The Balaban J connectivity index is 1.84. The fourth-order valence-electron chi connectivity index (χ4n) is 3.18. The lowest BCUT2D eigenvalue weighted by Gasteiger charge is -2.39. The van der Waals surface area contributed by atoms with Crippen molar-refractivity contribution in [3.05, 3.63) is 23.7 Å². The van der Waals surface area contributed by atoms with Crippen LogP contribution in [-0.4, -0.2) is 11.9 Å². The van der Waals surface area contributed by atoms with Gasteiger partial charge >= 0.3 is 0 Å². The van der Waals surface area contributed by atoms with Gasteiger partial charge in [-0.2, -0.15) is 0 Å². The zero-order valence-corrected chi connectivity index (χ0v) is 13.4. The van der Waals surface area contributed by atoms with Gasteiger partial charge in [-0.05, 0) is 43.1 Å². The SMILES string of the molecule is CCC(C)(C)C1CCC(NC(=O)c2coc(CN)c2)CC1.